The molecule has 2 aromatic rings. The summed E-state index contributed by atoms with van der Waals surface area (Å²) in [4.78, 5) is 36.6. The number of carbonyl (C=O) groups is 3. The SMILES string of the molecule is CSc1ccc(C(=O)CCC(=O)OCC(=O)Nc2ccc(C)cc2)cc1. The van der Waals surface area contributed by atoms with E-state index in [-0.39, 0.29) is 25.2 Å². The zero-order valence-electron chi connectivity index (χ0n) is 14.8. The molecule has 2 rings (SSSR count). The Morgan fingerprint density at radius 3 is 2.23 bits per heavy atom. The molecule has 0 aromatic heterocycles. The molecule has 26 heavy (non-hydrogen) atoms. The third-order valence-corrected chi connectivity index (χ3v) is 4.41. The first kappa shape index (κ1) is 19.7. The van der Waals surface area contributed by atoms with Crippen molar-refractivity contribution in [2.75, 3.05) is 18.2 Å². The van der Waals surface area contributed by atoms with Gasteiger partial charge in [-0.2, -0.15) is 0 Å². The lowest BCUT2D eigenvalue weighted by Gasteiger charge is -2.07. The number of esters is 1. The van der Waals surface area contributed by atoms with Gasteiger partial charge in [0.25, 0.3) is 5.91 Å². The van der Waals surface area contributed by atoms with Gasteiger partial charge >= 0.3 is 5.97 Å². The van der Waals surface area contributed by atoms with Gasteiger partial charge < -0.3 is 10.1 Å². The number of nitrogens with one attached hydrogen (secondary N) is 1. The summed E-state index contributed by atoms with van der Waals surface area (Å²) in [5.41, 5.74) is 2.29. The first-order valence-corrected chi connectivity index (χ1v) is 9.40. The van der Waals surface area contributed by atoms with Gasteiger partial charge in [0.1, 0.15) is 0 Å². The van der Waals surface area contributed by atoms with Crippen LogP contribution in [0.5, 0.6) is 0 Å². The molecule has 0 aliphatic heterocycles. The van der Waals surface area contributed by atoms with Gasteiger partial charge in [0.05, 0.1) is 6.42 Å². The van der Waals surface area contributed by atoms with Gasteiger partial charge in [-0.1, -0.05) is 29.8 Å². The molecule has 0 radical (unpaired) electrons. The number of thioether (sulfide) groups is 1. The maximum atomic E-state index is 12.1. The highest BCUT2D eigenvalue weighted by Gasteiger charge is 2.12. The van der Waals surface area contributed by atoms with Gasteiger partial charge in [0.2, 0.25) is 0 Å². The van der Waals surface area contributed by atoms with E-state index in [2.05, 4.69) is 5.32 Å². The number of aryl methyl sites for hydroxylation is 1. The van der Waals surface area contributed by atoms with E-state index in [4.69, 9.17) is 4.74 Å². The molecule has 0 spiro atoms. The quantitative estimate of drug-likeness (QED) is 0.433. The van der Waals surface area contributed by atoms with E-state index >= 15 is 0 Å². The van der Waals surface area contributed by atoms with Gasteiger partial charge in [-0.3, -0.25) is 14.4 Å². The molecule has 1 N–H and O–H groups in total. The van der Waals surface area contributed by atoms with E-state index in [9.17, 15) is 14.4 Å². The summed E-state index contributed by atoms with van der Waals surface area (Å²) in [7, 11) is 0. The second-order valence-corrected chi connectivity index (χ2v) is 6.61. The lowest BCUT2D eigenvalue weighted by molar-refractivity contribution is -0.147. The Bertz CT molecular complexity index is 769. The van der Waals surface area contributed by atoms with E-state index < -0.39 is 11.9 Å². The largest absolute Gasteiger partial charge is 0.456 e. The fourth-order valence-corrected chi connectivity index (χ4v) is 2.60. The fraction of sp³-hybridized carbons (Fsp3) is 0.250. The number of hydrogen-bond donors (Lipinski definition) is 1. The fourth-order valence-electron chi connectivity index (χ4n) is 2.19. The second-order valence-electron chi connectivity index (χ2n) is 5.73. The van der Waals surface area contributed by atoms with Gasteiger partial charge in [-0.05, 0) is 37.4 Å². The van der Waals surface area contributed by atoms with E-state index in [0.717, 1.165) is 10.5 Å². The Morgan fingerprint density at radius 2 is 1.62 bits per heavy atom. The minimum absolute atomic E-state index is 0.0526. The number of Topliss-reactive ketones (excluding diaryl/α,β-unsaturated/α-hetero) is 1. The molecule has 0 unspecified atom stereocenters. The summed E-state index contributed by atoms with van der Waals surface area (Å²) in [6, 6.07) is 14.5. The Balaban J connectivity index is 1.71. The Labute approximate surface area is 157 Å². The molecule has 0 saturated carbocycles. The summed E-state index contributed by atoms with van der Waals surface area (Å²) in [5.74, 6) is -1.11. The average molecular weight is 371 g/mol. The van der Waals surface area contributed by atoms with Crippen LogP contribution in [0.2, 0.25) is 0 Å². The van der Waals surface area contributed by atoms with Gasteiger partial charge in [0.15, 0.2) is 12.4 Å². The van der Waals surface area contributed by atoms with Crippen molar-refractivity contribution in [3.05, 3.63) is 59.7 Å². The topological polar surface area (TPSA) is 72.5 Å². The summed E-state index contributed by atoms with van der Waals surface area (Å²) < 4.78 is 4.92. The molecule has 1 amide bonds. The molecule has 0 aliphatic rings. The standard InChI is InChI=1S/C20H21NO4S/c1-14-3-7-16(8-4-14)21-19(23)13-25-20(24)12-11-18(22)15-5-9-17(26-2)10-6-15/h3-10H,11-13H2,1-2H3,(H,21,23). The molecule has 0 fully saturated rings. The number of amides is 1. The van der Waals surface area contributed by atoms with Crippen LogP contribution in [-0.2, 0) is 14.3 Å². The molecule has 0 aliphatic carbocycles. The monoisotopic (exact) mass is 371 g/mol. The molecule has 0 heterocycles. The second kappa shape index (κ2) is 9.77. The Morgan fingerprint density at radius 1 is 0.962 bits per heavy atom. The molecule has 136 valence electrons. The minimum Gasteiger partial charge on any atom is -0.456 e. The van der Waals surface area contributed by atoms with Gasteiger partial charge in [-0.15, -0.1) is 11.8 Å². The maximum absolute atomic E-state index is 12.1. The smallest absolute Gasteiger partial charge is 0.306 e. The third-order valence-electron chi connectivity index (χ3n) is 3.67. The highest BCUT2D eigenvalue weighted by molar-refractivity contribution is 7.98. The first-order chi connectivity index (χ1) is 12.5. The molecule has 5 nitrogen and oxygen atoms in total. The predicted octanol–water partition coefficient (Wildman–Crippen LogP) is 3.86. The number of carbonyl (C=O) groups excluding carboxylic acids is 3. The summed E-state index contributed by atoms with van der Waals surface area (Å²) in [6.07, 6.45) is 1.96. The van der Waals surface area contributed by atoms with Crippen LogP contribution in [0.3, 0.4) is 0 Å². The molecular weight excluding hydrogens is 350 g/mol. The predicted molar refractivity (Wildman–Crippen MR) is 103 cm³/mol. The number of ketones is 1. The van der Waals surface area contributed by atoms with E-state index in [1.807, 2.05) is 37.4 Å². The molecule has 0 saturated heterocycles. The van der Waals surface area contributed by atoms with E-state index in [1.165, 1.54) is 0 Å². The number of anilines is 1. The molecular formula is C20H21NO4S. The highest BCUT2D eigenvalue weighted by atomic mass is 32.2. The van der Waals surface area contributed by atoms with Crippen LogP contribution in [0, 0.1) is 6.92 Å². The third kappa shape index (κ3) is 6.37. The number of hydrogen-bond acceptors (Lipinski definition) is 5. The van der Waals surface area contributed by atoms with Crippen LogP contribution < -0.4 is 5.32 Å². The molecule has 0 atom stereocenters. The first-order valence-electron chi connectivity index (χ1n) is 8.17. The summed E-state index contributed by atoms with van der Waals surface area (Å²) in [5, 5.41) is 2.64. The molecule has 6 heteroatoms. The van der Waals surface area contributed by atoms with Crippen molar-refractivity contribution in [2.45, 2.75) is 24.7 Å². The van der Waals surface area contributed by atoms with Crippen molar-refractivity contribution in [3.63, 3.8) is 0 Å². The van der Waals surface area contributed by atoms with Crippen LogP contribution in [-0.4, -0.2) is 30.5 Å². The lowest BCUT2D eigenvalue weighted by Crippen LogP contribution is -2.21. The highest BCUT2D eigenvalue weighted by Crippen LogP contribution is 2.16. The normalized spacial score (nSPS) is 10.2. The van der Waals surface area contributed by atoms with Crippen LogP contribution >= 0.6 is 11.8 Å². The Hall–Kier alpha value is -2.60. The van der Waals surface area contributed by atoms with Crippen LogP contribution in [0.25, 0.3) is 0 Å². The number of rotatable bonds is 8. The number of ether oxygens (including phenoxy) is 1. The summed E-state index contributed by atoms with van der Waals surface area (Å²) >= 11 is 1.59. The van der Waals surface area contributed by atoms with Crippen molar-refractivity contribution in [1.29, 1.82) is 0 Å². The maximum Gasteiger partial charge on any atom is 0.306 e. The summed E-state index contributed by atoms with van der Waals surface area (Å²) in [6.45, 7) is 1.58. The zero-order chi connectivity index (χ0) is 18.9. The van der Waals surface area contributed by atoms with Crippen molar-refractivity contribution < 1.29 is 19.1 Å². The van der Waals surface area contributed by atoms with Crippen molar-refractivity contribution in [1.82, 2.24) is 0 Å². The van der Waals surface area contributed by atoms with Crippen LogP contribution in [0.4, 0.5) is 5.69 Å². The van der Waals surface area contributed by atoms with Crippen molar-refractivity contribution >= 4 is 35.1 Å². The van der Waals surface area contributed by atoms with E-state index in [1.54, 1.807) is 36.0 Å². The average Bonchev–Trinajstić information content (AvgIpc) is 2.66. The minimum atomic E-state index is -0.571. The van der Waals surface area contributed by atoms with Crippen molar-refractivity contribution in [2.24, 2.45) is 0 Å². The van der Waals surface area contributed by atoms with Crippen LogP contribution in [0.1, 0.15) is 28.8 Å². The lowest BCUT2D eigenvalue weighted by atomic mass is 10.1. The van der Waals surface area contributed by atoms with Crippen LogP contribution in [0.15, 0.2) is 53.4 Å². The van der Waals surface area contributed by atoms with Gasteiger partial charge in [0, 0.05) is 22.6 Å². The Kier molecular flexibility index (Phi) is 7.41. The molecule has 2 aromatic carbocycles. The van der Waals surface area contributed by atoms with Gasteiger partial charge in [-0.25, -0.2) is 0 Å². The number of benzene rings is 2. The van der Waals surface area contributed by atoms with Crippen molar-refractivity contribution in [3.8, 4) is 0 Å². The zero-order valence-corrected chi connectivity index (χ0v) is 15.6. The molecule has 0 bridgehead atoms. The van der Waals surface area contributed by atoms with E-state index in [0.29, 0.717) is 11.3 Å².